The van der Waals surface area contributed by atoms with E-state index in [-0.39, 0.29) is 11.9 Å². The third kappa shape index (κ3) is 3.03. The standard InChI is InChI=1S/C21H21N3O3/c1-26-16(27-2)13-24-20(15-11-7-4-8-12-15)17-18(14-9-5-3-6-10-14)22-23-19(17)21(24)25/h3-12,16,20H,13H2,1-2H3,(H,22,23). The van der Waals surface area contributed by atoms with Gasteiger partial charge in [0.05, 0.1) is 18.3 Å². The molecule has 1 atom stereocenters. The Balaban J connectivity index is 1.84. The van der Waals surface area contributed by atoms with Crippen molar-refractivity contribution < 1.29 is 14.3 Å². The number of ether oxygens (including phenoxy) is 2. The first-order chi connectivity index (χ1) is 13.2. The summed E-state index contributed by atoms with van der Waals surface area (Å²) in [6.45, 7) is 0.322. The fraction of sp³-hybridized carbons (Fsp3) is 0.238. The van der Waals surface area contributed by atoms with Crippen molar-refractivity contribution in [1.82, 2.24) is 15.1 Å². The lowest BCUT2D eigenvalue weighted by molar-refractivity contribution is -0.113. The minimum absolute atomic E-state index is 0.104. The maximum Gasteiger partial charge on any atom is 0.273 e. The number of nitrogens with one attached hydrogen (secondary N) is 1. The number of carbonyl (C=O) groups is 1. The van der Waals surface area contributed by atoms with Crippen LogP contribution < -0.4 is 0 Å². The van der Waals surface area contributed by atoms with Gasteiger partial charge in [0.1, 0.15) is 5.69 Å². The molecule has 1 amide bonds. The highest BCUT2D eigenvalue weighted by molar-refractivity contribution is 6.00. The summed E-state index contributed by atoms with van der Waals surface area (Å²) in [5, 5.41) is 7.40. The molecule has 6 heteroatoms. The van der Waals surface area contributed by atoms with Gasteiger partial charge in [0.2, 0.25) is 0 Å². The van der Waals surface area contributed by atoms with E-state index in [1.807, 2.05) is 60.7 Å². The average Bonchev–Trinajstić information content (AvgIpc) is 3.26. The van der Waals surface area contributed by atoms with Crippen molar-refractivity contribution in [2.75, 3.05) is 20.8 Å². The molecular formula is C21H21N3O3. The molecule has 1 aromatic heterocycles. The SMILES string of the molecule is COC(CN1C(=O)c2[nH]nc(-c3ccccc3)c2C1c1ccccc1)OC. The van der Waals surface area contributed by atoms with Crippen molar-refractivity contribution in [3.8, 4) is 11.3 Å². The molecule has 1 aliphatic heterocycles. The molecule has 0 saturated heterocycles. The molecule has 6 nitrogen and oxygen atoms in total. The largest absolute Gasteiger partial charge is 0.354 e. The Labute approximate surface area is 157 Å². The summed E-state index contributed by atoms with van der Waals surface area (Å²) in [4.78, 5) is 14.9. The topological polar surface area (TPSA) is 67.5 Å². The predicted molar refractivity (Wildman–Crippen MR) is 101 cm³/mol. The molecule has 0 fully saturated rings. The number of amides is 1. The van der Waals surface area contributed by atoms with Crippen LogP contribution in [0.5, 0.6) is 0 Å². The second kappa shape index (κ2) is 7.34. The van der Waals surface area contributed by atoms with Crippen LogP contribution in [-0.2, 0) is 9.47 Å². The van der Waals surface area contributed by atoms with Crippen LogP contribution in [0.2, 0.25) is 0 Å². The quantitative estimate of drug-likeness (QED) is 0.683. The number of nitrogens with zero attached hydrogens (tertiary/aromatic N) is 2. The minimum atomic E-state index is -0.502. The minimum Gasteiger partial charge on any atom is -0.354 e. The number of rotatable bonds is 6. The third-order valence-corrected chi connectivity index (χ3v) is 4.90. The molecule has 0 bridgehead atoms. The van der Waals surface area contributed by atoms with Gasteiger partial charge < -0.3 is 14.4 Å². The van der Waals surface area contributed by atoms with E-state index in [9.17, 15) is 4.79 Å². The molecule has 3 aromatic rings. The molecule has 2 heterocycles. The lowest BCUT2D eigenvalue weighted by Crippen LogP contribution is -2.38. The molecule has 1 N–H and O–H groups in total. The van der Waals surface area contributed by atoms with E-state index >= 15 is 0 Å². The van der Waals surface area contributed by atoms with Crippen LogP contribution in [0.3, 0.4) is 0 Å². The number of fused-ring (bicyclic) bond motifs is 1. The highest BCUT2D eigenvalue weighted by atomic mass is 16.7. The summed E-state index contributed by atoms with van der Waals surface area (Å²) < 4.78 is 10.7. The van der Waals surface area contributed by atoms with E-state index in [4.69, 9.17) is 9.47 Å². The molecule has 0 aliphatic carbocycles. The summed E-state index contributed by atoms with van der Waals surface area (Å²) in [7, 11) is 3.14. The molecule has 2 aromatic carbocycles. The fourth-order valence-corrected chi connectivity index (χ4v) is 3.59. The molecule has 0 spiro atoms. The Morgan fingerprint density at radius 1 is 1.04 bits per heavy atom. The maximum atomic E-state index is 13.1. The number of hydrogen-bond donors (Lipinski definition) is 1. The van der Waals surface area contributed by atoms with Gasteiger partial charge in [-0.1, -0.05) is 60.7 Å². The zero-order valence-corrected chi connectivity index (χ0v) is 15.3. The monoisotopic (exact) mass is 363 g/mol. The molecule has 0 saturated carbocycles. The third-order valence-electron chi connectivity index (χ3n) is 4.90. The zero-order chi connectivity index (χ0) is 18.8. The van der Waals surface area contributed by atoms with E-state index in [1.165, 1.54) is 0 Å². The Hall–Kier alpha value is -2.96. The van der Waals surface area contributed by atoms with Gasteiger partial charge in [0.25, 0.3) is 5.91 Å². The first-order valence-corrected chi connectivity index (χ1v) is 8.79. The van der Waals surface area contributed by atoms with E-state index in [0.29, 0.717) is 12.2 Å². The molecule has 4 rings (SSSR count). The van der Waals surface area contributed by atoms with Crippen LogP contribution in [0.4, 0.5) is 0 Å². The van der Waals surface area contributed by atoms with Gasteiger partial charge in [-0.25, -0.2) is 0 Å². The number of aromatic nitrogens is 2. The first-order valence-electron chi connectivity index (χ1n) is 8.79. The summed E-state index contributed by atoms with van der Waals surface area (Å²) in [6.07, 6.45) is -0.502. The predicted octanol–water partition coefficient (Wildman–Crippen LogP) is 3.24. The van der Waals surface area contributed by atoms with Crippen molar-refractivity contribution in [2.24, 2.45) is 0 Å². The van der Waals surface area contributed by atoms with Gasteiger partial charge in [-0.05, 0) is 5.56 Å². The fourth-order valence-electron chi connectivity index (χ4n) is 3.59. The number of benzene rings is 2. The van der Waals surface area contributed by atoms with E-state index in [2.05, 4.69) is 10.2 Å². The van der Waals surface area contributed by atoms with Crippen LogP contribution in [0.15, 0.2) is 60.7 Å². The van der Waals surface area contributed by atoms with E-state index in [0.717, 1.165) is 22.4 Å². The second-order valence-corrected chi connectivity index (χ2v) is 6.40. The zero-order valence-electron chi connectivity index (χ0n) is 15.3. The second-order valence-electron chi connectivity index (χ2n) is 6.40. The molecule has 0 radical (unpaired) electrons. The molecule has 27 heavy (non-hydrogen) atoms. The number of H-pyrrole nitrogens is 1. The Morgan fingerprint density at radius 2 is 1.67 bits per heavy atom. The number of hydrogen-bond acceptors (Lipinski definition) is 4. The highest BCUT2D eigenvalue weighted by Gasteiger charge is 2.42. The van der Waals surface area contributed by atoms with Crippen molar-refractivity contribution >= 4 is 5.91 Å². The molecule has 1 aliphatic rings. The average molecular weight is 363 g/mol. The van der Waals surface area contributed by atoms with Crippen LogP contribution in [0, 0.1) is 0 Å². The summed E-state index contributed by atoms with van der Waals surface area (Å²) in [5.41, 5.74) is 4.20. The lowest BCUT2D eigenvalue weighted by atomic mass is 9.96. The van der Waals surface area contributed by atoms with Gasteiger partial charge in [0.15, 0.2) is 6.29 Å². The van der Waals surface area contributed by atoms with Gasteiger partial charge in [-0.2, -0.15) is 5.10 Å². The smallest absolute Gasteiger partial charge is 0.273 e. The van der Waals surface area contributed by atoms with Crippen molar-refractivity contribution in [3.63, 3.8) is 0 Å². The summed E-state index contributed by atoms with van der Waals surface area (Å²) in [6, 6.07) is 19.6. The Kier molecular flexibility index (Phi) is 4.75. The van der Waals surface area contributed by atoms with Gasteiger partial charge >= 0.3 is 0 Å². The first kappa shape index (κ1) is 17.5. The normalized spacial score (nSPS) is 16.2. The van der Waals surface area contributed by atoms with Crippen LogP contribution >= 0.6 is 0 Å². The molecule has 138 valence electrons. The summed E-state index contributed by atoms with van der Waals surface area (Å²) in [5.74, 6) is -0.104. The van der Waals surface area contributed by atoms with Gasteiger partial charge in [-0.3, -0.25) is 9.89 Å². The number of carbonyl (C=O) groups excluding carboxylic acids is 1. The van der Waals surface area contributed by atoms with E-state index < -0.39 is 6.29 Å². The Bertz CT molecular complexity index is 920. The van der Waals surface area contributed by atoms with Crippen molar-refractivity contribution in [1.29, 1.82) is 0 Å². The van der Waals surface area contributed by atoms with Crippen molar-refractivity contribution in [2.45, 2.75) is 12.3 Å². The summed E-state index contributed by atoms with van der Waals surface area (Å²) >= 11 is 0. The van der Waals surface area contributed by atoms with Gasteiger partial charge in [-0.15, -0.1) is 0 Å². The van der Waals surface area contributed by atoms with E-state index in [1.54, 1.807) is 19.1 Å². The van der Waals surface area contributed by atoms with Crippen LogP contribution in [0.1, 0.15) is 27.7 Å². The van der Waals surface area contributed by atoms with Crippen molar-refractivity contribution in [3.05, 3.63) is 77.5 Å². The molecule has 1 unspecified atom stereocenters. The maximum absolute atomic E-state index is 13.1. The Morgan fingerprint density at radius 3 is 2.30 bits per heavy atom. The van der Waals surface area contributed by atoms with Gasteiger partial charge in [0, 0.05) is 25.3 Å². The van der Waals surface area contributed by atoms with Crippen LogP contribution in [-0.4, -0.2) is 48.1 Å². The molecular weight excluding hydrogens is 342 g/mol. The highest BCUT2D eigenvalue weighted by Crippen LogP contribution is 2.42. The number of methoxy groups -OCH3 is 2. The number of aromatic amines is 1. The van der Waals surface area contributed by atoms with Crippen LogP contribution in [0.25, 0.3) is 11.3 Å². The lowest BCUT2D eigenvalue weighted by Gasteiger charge is -2.29.